The van der Waals surface area contributed by atoms with Crippen molar-refractivity contribution in [2.75, 3.05) is 18.9 Å². The van der Waals surface area contributed by atoms with E-state index in [1.807, 2.05) is 0 Å². The molecule has 2 heterocycles. The van der Waals surface area contributed by atoms with E-state index in [1.165, 1.54) is 6.07 Å². The van der Waals surface area contributed by atoms with Gasteiger partial charge in [-0.2, -0.15) is 0 Å². The molecule has 1 aromatic carbocycles. The maximum Gasteiger partial charge on any atom is 0.201 e. The zero-order chi connectivity index (χ0) is 12.7. The highest BCUT2D eigenvalue weighted by Crippen LogP contribution is 2.30. The fourth-order valence-corrected chi connectivity index (χ4v) is 2.44. The number of nitrogens with zero attached hydrogens (tertiary/aromatic N) is 2. The molecule has 1 saturated heterocycles. The first-order valence-electron chi connectivity index (χ1n) is 5.87. The Bertz CT molecular complexity index is 591. The third-order valence-corrected chi connectivity index (χ3v) is 3.27. The molecule has 0 bridgehead atoms. The van der Waals surface area contributed by atoms with Gasteiger partial charge in [0.05, 0.1) is 18.2 Å². The van der Waals surface area contributed by atoms with E-state index >= 15 is 0 Å². The molecule has 0 spiro atoms. The van der Waals surface area contributed by atoms with Crippen molar-refractivity contribution in [3.8, 4) is 0 Å². The van der Waals surface area contributed by atoms with Crippen LogP contribution < -0.4 is 5.73 Å². The van der Waals surface area contributed by atoms with Crippen LogP contribution in [0.5, 0.6) is 0 Å². The molecule has 6 heteroatoms. The number of fused-ring (bicyclic) bond motifs is 1. The molecule has 1 aliphatic rings. The van der Waals surface area contributed by atoms with Gasteiger partial charge in [-0.1, -0.05) is 0 Å². The van der Waals surface area contributed by atoms with Gasteiger partial charge in [0.15, 0.2) is 11.6 Å². The number of halogens is 2. The van der Waals surface area contributed by atoms with Crippen molar-refractivity contribution in [2.45, 2.75) is 18.9 Å². The second-order valence-corrected chi connectivity index (χ2v) is 4.44. The van der Waals surface area contributed by atoms with Gasteiger partial charge in [-0.15, -0.1) is 0 Å². The highest BCUT2D eigenvalue weighted by Gasteiger charge is 2.23. The van der Waals surface area contributed by atoms with E-state index in [0.717, 1.165) is 18.9 Å². The monoisotopic (exact) mass is 253 g/mol. The second-order valence-electron chi connectivity index (χ2n) is 4.44. The van der Waals surface area contributed by atoms with E-state index in [9.17, 15) is 8.78 Å². The predicted octanol–water partition coefficient (Wildman–Crippen LogP) is 2.25. The Morgan fingerprint density at radius 1 is 1.39 bits per heavy atom. The summed E-state index contributed by atoms with van der Waals surface area (Å²) in [4.78, 5) is 4.07. The molecule has 3 rings (SSSR count). The van der Waals surface area contributed by atoms with Crippen molar-refractivity contribution in [1.29, 1.82) is 0 Å². The molecule has 1 aromatic heterocycles. The number of imidazole rings is 1. The molecule has 4 nitrogen and oxygen atoms in total. The molecule has 1 unspecified atom stereocenters. The molecule has 1 fully saturated rings. The predicted molar refractivity (Wildman–Crippen MR) is 63.2 cm³/mol. The van der Waals surface area contributed by atoms with Gasteiger partial charge >= 0.3 is 0 Å². The lowest BCUT2D eigenvalue weighted by Gasteiger charge is -2.24. The average molecular weight is 253 g/mol. The fraction of sp³-hybridized carbons (Fsp3) is 0.417. The van der Waals surface area contributed by atoms with Crippen LogP contribution in [0.4, 0.5) is 14.7 Å². The summed E-state index contributed by atoms with van der Waals surface area (Å²) in [5.41, 5.74) is 6.31. The van der Waals surface area contributed by atoms with Gasteiger partial charge < -0.3 is 15.0 Å². The van der Waals surface area contributed by atoms with Crippen molar-refractivity contribution >= 4 is 17.0 Å². The summed E-state index contributed by atoms with van der Waals surface area (Å²) in [7, 11) is 0. The lowest BCUT2D eigenvalue weighted by atomic mass is 10.1. The summed E-state index contributed by atoms with van der Waals surface area (Å²) in [5, 5.41) is 0. The second kappa shape index (κ2) is 4.20. The third kappa shape index (κ3) is 1.64. The fourth-order valence-electron chi connectivity index (χ4n) is 2.44. The van der Waals surface area contributed by atoms with Crippen molar-refractivity contribution in [3.63, 3.8) is 0 Å². The van der Waals surface area contributed by atoms with Gasteiger partial charge in [-0.25, -0.2) is 13.8 Å². The number of nitrogens with two attached hydrogens (primary N) is 1. The van der Waals surface area contributed by atoms with Gasteiger partial charge in [-0.3, -0.25) is 0 Å². The van der Waals surface area contributed by atoms with E-state index < -0.39 is 11.6 Å². The number of benzene rings is 1. The summed E-state index contributed by atoms with van der Waals surface area (Å²) >= 11 is 0. The third-order valence-electron chi connectivity index (χ3n) is 3.27. The number of ether oxygens (including phenoxy) is 1. The SMILES string of the molecule is Nc1nc2ccc(F)c(F)c2n1C1CCCOC1. The Morgan fingerprint density at radius 3 is 2.94 bits per heavy atom. The van der Waals surface area contributed by atoms with E-state index in [2.05, 4.69) is 4.98 Å². The molecular weight excluding hydrogens is 240 g/mol. The minimum Gasteiger partial charge on any atom is -0.379 e. The van der Waals surface area contributed by atoms with Crippen LogP contribution in [0.2, 0.25) is 0 Å². The van der Waals surface area contributed by atoms with Crippen LogP contribution >= 0.6 is 0 Å². The summed E-state index contributed by atoms with van der Waals surface area (Å²) in [6.45, 7) is 1.14. The van der Waals surface area contributed by atoms with Crippen LogP contribution in [0.1, 0.15) is 18.9 Å². The first-order valence-corrected chi connectivity index (χ1v) is 5.87. The first-order chi connectivity index (χ1) is 8.68. The number of aromatic nitrogens is 2. The van der Waals surface area contributed by atoms with E-state index in [4.69, 9.17) is 10.5 Å². The van der Waals surface area contributed by atoms with Crippen LogP contribution in [-0.4, -0.2) is 22.8 Å². The van der Waals surface area contributed by atoms with E-state index in [-0.39, 0.29) is 17.5 Å². The van der Waals surface area contributed by atoms with Crippen molar-refractivity contribution in [2.24, 2.45) is 0 Å². The summed E-state index contributed by atoms with van der Waals surface area (Å²) < 4.78 is 34.1. The van der Waals surface area contributed by atoms with Gasteiger partial charge in [-0.05, 0) is 25.0 Å². The molecule has 96 valence electrons. The minimum absolute atomic E-state index is 0.0833. The number of rotatable bonds is 1. The molecule has 18 heavy (non-hydrogen) atoms. The van der Waals surface area contributed by atoms with Crippen LogP contribution in [0.25, 0.3) is 11.0 Å². The maximum absolute atomic E-state index is 13.9. The van der Waals surface area contributed by atoms with Crippen LogP contribution in [0.15, 0.2) is 12.1 Å². The number of hydrogen-bond donors (Lipinski definition) is 1. The Labute approximate surface area is 102 Å². The smallest absolute Gasteiger partial charge is 0.201 e. The Balaban J connectivity index is 2.20. The summed E-state index contributed by atoms with van der Waals surface area (Å²) in [5.74, 6) is -1.59. The highest BCUT2D eigenvalue weighted by molar-refractivity contribution is 5.79. The van der Waals surface area contributed by atoms with Gasteiger partial charge in [0.2, 0.25) is 5.95 Å². The van der Waals surface area contributed by atoms with Gasteiger partial charge in [0.1, 0.15) is 5.52 Å². The molecule has 0 amide bonds. The number of anilines is 1. The lowest BCUT2D eigenvalue weighted by molar-refractivity contribution is 0.0610. The van der Waals surface area contributed by atoms with Gasteiger partial charge in [0.25, 0.3) is 0 Å². The first kappa shape index (κ1) is 11.4. The molecule has 0 saturated carbocycles. The van der Waals surface area contributed by atoms with E-state index in [0.29, 0.717) is 18.7 Å². The molecule has 2 aromatic rings. The number of nitrogen functional groups attached to an aromatic ring is 1. The molecule has 1 aliphatic heterocycles. The van der Waals surface area contributed by atoms with Crippen molar-refractivity contribution < 1.29 is 13.5 Å². The standard InChI is InChI=1S/C12H13F2N3O/c13-8-3-4-9-11(10(8)14)17(12(15)16-9)7-2-1-5-18-6-7/h3-4,7H,1-2,5-6H2,(H2,15,16). The zero-order valence-electron chi connectivity index (χ0n) is 9.70. The van der Waals surface area contributed by atoms with Crippen molar-refractivity contribution in [1.82, 2.24) is 9.55 Å². The largest absolute Gasteiger partial charge is 0.379 e. The molecule has 0 radical (unpaired) electrons. The maximum atomic E-state index is 13.9. The number of hydrogen-bond acceptors (Lipinski definition) is 3. The van der Waals surface area contributed by atoms with Crippen LogP contribution in [0, 0.1) is 11.6 Å². The molecule has 0 aliphatic carbocycles. The molecule has 2 N–H and O–H groups in total. The normalized spacial score (nSPS) is 20.4. The molecule has 1 atom stereocenters. The Hall–Kier alpha value is -1.69. The van der Waals surface area contributed by atoms with Crippen LogP contribution in [-0.2, 0) is 4.74 Å². The van der Waals surface area contributed by atoms with E-state index in [1.54, 1.807) is 4.57 Å². The highest BCUT2D eigenvalue weighted by atomic mass is 19.2. The van der Waals surface area contributed by atoms with Gasteiger partial charge in [0, 0.05) is 6.61 Å². The topological polar surface area (TPSA) is 53.1 Å². The average Bonchev–Trinajstić information content (AvgIpc) is 2.72. The Kier molecular flexibility index (Phi) is 2.66. The summed E-state index contributed by atoms with van der Waals surface area (Å²) in [6, 6.07) is 2.41. The molecular formula is C12H13F2N3O. The lowest BCUT2D eigenvalue weighted by Crippen LogP contribution is -2.22. The minimum atomic E-state index is -0.901. The summed E-state index contributed by atoms with van der Waals surface area (Å²) in [6.07, 6.45) is 1.70. The van der Waals surface area contributed by atoms with Crippen LogP contribution in [0.3, 0.4) is 0 Å². The quantitative estimate of drug-likeness (QED) is 0.848. The zero-order valence-corrected chi connectivity index (χ0v) is 9.70. The van der Waals surface area contributed by atoms with Crippen molar-refractivity contribution in [3.05, 3.63) is 23.8 Å². The Morgan fingerprint density at radius 2 is 2.22 bits per heavy atom.